The van der Waals surface area contributed by atoms with Gasteiger partial charge in [0.05, 0.1) is 12.2 Å². The van der Waals surface area contributed by atoms with E-state index >= 15 is 0 Å². The fraction of sp³-hybridized carbons (Fsp3) is 0.611. The van der Waals surface area contributed by atoms with E-state index in [2.05, 4.69) is 25.9 Å². The standard InChI is InChI=1S/C18H32N6O2/c1-7-19-16(20-11-12-21-17(25)26-18(2,3)4)22-13-14-9-8-10-15(23-14)24(5)6/h8-10H,7,11-13H2,1-6H3,(H,21,25)(H2,19,20,22). The molecule has 0 aromatic carbocycles. The number of anilines is 1. The van der Waals surface area contributed by atoms with Crippen LogP contribution in [0.5, 0.6) is 0 Å². The maximum Gasteiger partial charge on any atom is 0.407 e. The van der Waals surface area contributed by atoms with E-state index in [0.717, 1.165) is 18.1 Å². The van der Waals surface area contributed by atoms with Crippen molar-refractivity contribution >= 4 is 17.9 Å². The lowest BCUT2D eigenvalue weighted by Crippen LogP contribution is -2.42. The van der Waals surface area contributed by atoms with Crippen molar-refractivity contribution in [2.24, 2.45) is 4.99 Å². The smallest absolute Gasteiger partial charge is 0.407 e. The Balaban J connectivity index is 2.49. The molecular formula is C18H32N6O2. The maximum absolute atomic E-state index is 11.6. The van der Waals surface area contributed by atoms with Crippen LogP contribution in [0.2, 0.25) is 0 Å². The number of nitrogens with one attached hydrogen (secondary N) is 3. The highest BCUT2D eigenvalue weighted by Crippen LogP contribution is 2.08. The van der Waals surface area contributed by atoms with Crippen LogP contribution >= 0.6 is 0 Å². The van der Waals surface area contributed by atoms with E-state index in [1.165, 1.54) is 0 Å². The van der Waals surface area contributed by atoms with Crippen LogP contribution in [-0.2, 0) is 11.3 Å². The van der Waals surface area contributed by atoms with Gasteiger partial charge in [-0.15, -0.1) is 0 Å². The third kappa shape index (κ3) is 9.10. The number of alkyl carbamates (subject to hydrolysis) is 1. The lowest BCUT2D eigenvalue weighted by atomic mass is 10.2. The summed E-state index contributed by atoms with van der Waals surface area (Å²) in [4.78, 5) is 22.6. The summed E-state index contributed by atoms with van der Waals surface area (Å²) in [6, 6.07) is 5.88. The van der Waals surface area contributed by atoms with Crippen molar-refractivity contribution in [3.05, 3.63) is 23.9 Å². The molecule has 0 aliphatic rings. The van der Waals surface area contributed by atoms with Gasteiger partial charge in [-0.1, -0.05) is 6.07 Å². The van der Waals surface area contributed by atoms with Crippen molar-refractivity contribution in [1.29, 1.82) is 0 Å². The lowest BCUT2D eigenvalue weighted by molar-refractivity contribution is 0.0529. The van der Waals surface area contributed by atoms with Gasteiger partial charge in [-0.3, -0.25) is 0 Å². The zero-order valence-electron chi connectivity index (χ0n) is 16.7. The molecule has 1 aromatic rings. The number of pyridine rings is 1. The van der Waals surface area contributed by atoms with Crippen molar-refractivity contribution in [1.82, 2.24) is 20.9 Å². The summed E-state index contributed by atoms with van der Waals surface area (Å²) in [6.07, 6.45) is -0.425. The van der Waals surface area contributed by atoms with Crippen LogP contribution in [-0.4, -0.2) is 56.4 Å². The average molecular weight is 364 g/mol. The second-order valence-corrected chi connectivity index (χ2v) is 6.93. The van der Waals surface area contributed by atoms with Crippen molar-refractivity contribution in [2.45, 2.75) is 39.8 Å². The molecule has 1 heterocycles. The monoisotopic (exact) mass is 364 g/mol. The molecule has 26 heavy (non-hydrogen) atoms. The Morgan fingerprint density at radius 3 is 2.50 bits per heavy atom. The van der Waals surface area contributed by atoms with Crippen molar-refractivity contribution < 1.29 is 9.53 Å². The van der Waals surface area contributed by atoms with Gasteiger partial charge in [-0.05, 0) is 39.8 Å². The molecule has 146 valence electrons. The predicted molar refractivity (Wildman–Crippen MR) is 106 cm³/mol. The van der Waals surface area contributed by atoms with Crippen LogP contribution < -0.4 is 20.9 Å². The second kappa shape index (κ2) is 10.5. The Bertz CT molecular complexity index is 596. The van der Waals surface area contributed by atoms with Gasteiger partial charge in [-0.2, -0.15) is 0 Å². The SMILES string of the molecule is CCNC(=NCc1cccc(N(C)C)n1)NCCNC(=O)OC(C)(C)C. The van der Waals surface area contributed by atoms with Crippen LogP contribution in [0.25, 0.3) is 0 Å². The summed E-state index contributed by atoms with van der Waals surface area (Å²) in [5.74, 6) is 1.58. The first-order valence-electron chi connectivity index (χ1n) is 8.83. The Morgan fingerprint density at radius 1 is 1.19 bits per heavy atom. The van der Waals surface area contributed by atoms with Crippen LogP contribution in [0.3, 0.4) is 0 Å². The number of hydrogen-bond donors (Lipinski definition) is 3. The number of carbonyl (C=O) groups excluding carboxylic acids is 1. The Morgan fingerprint density at radius 2 is 1.88 bits per heavy atom. The third-order valence-electron chi connectivity index (χ3n) is 3.08. The zero-order valence-corrected chi connectivity index (χ0v) is 16.7. The fourth-order valence-corrected chi connectivity index (χ4v) is 1.97. The normalized spacial score (nSPS) is 11.7. The van der Waals surface area contributed by atoms with Gasteiger partial charge in [0.15, 0.2) is 5.96 Å². The molecule has 1 aromatic heterocycles. The highest BCUT2D eigenvalue weighted by molar-refractivity contribution is 5.79. The summed E-state index contributed by atoms with van der Waals surface area (Å²) in [5.41, 5.74) is 0.391. The van der Waals surface area contributed by atoms with Crippen molar-refractivity contribution in [2.75, 3.05) is 38.6 Å². The number of aromatic nitrogens is 1. The number of hydrogen-bond acceptors (Lipinski definition) is 5. The molecule has 0 radical (unpaired) electrons. The van der Waals surface area contributed by atoms with Gasteiger partial charge < -0.3 is 25.6 Å². The minimum atomic E-state index is -0.498. The largest absolute Gasteiger partial charge is 0.444 e. The zero-order chi connectivity index (χ0) is 19.6. The fourth-order valence-electron chi connectivity index (χ4n) is 1.97. The molecule has 0 aliphatic carbocycles. The Hall–Kier alpha value is -2.51. The van der Waals surface area contributed by atoms with E-state index in [-0.39, 0.29) is 0 Å². The molecule has 0 unspecified atom stereocenters. The first-order valence-corrected chi connectivity index (χ1v) is 8.83. The summed E-state index contributed by atoms with van der Waals surface area (Å²) >= 11 is 0. The van der Waals surface area contributed by atoms with Gasteiger partial charge in [0.25, 0.3) is 0 Å². The highest BCUT2D eigenvalue weighted by Gasteiger charge is 2.15. The molecule has 1 amide bonds. The first kappa shape index (κ1) is 21.5. The molecule has 3 N–H and O–H groups in total. The number of nitrogens with zero attached hydrogens (tertiary/aromatic N) is 3. The van der Waals surface area contributed by atoms with Gasteiger partial charge in [0.1, 0.15) is 11.4 Å². The topological polar surface area (TPSA) is 90.9 Å². The molecule has 8 nitrogen and oxygen atoms in total. The van der Waals surface area contributed by atoms with Crippen molar-refractivity contribution in [3.63, 3.8) is 0 Å². The number of ether oxygens (including phenoxy) is 1. The molecule has 0 fully saturated rings. The maximum atomic E-state index is 11.6. The van der Waals surface area contributed by atoms with E-state index < -0.39 is 11.7 Å². The van der Waals surface area contributed by atoms with E-state index in [1.807, 2.05) is 64.9 Å². The quantitative estimate of drug-likeness (QED) is 0.388. The second-order valence-electron chi connectivity index (χ2n) is 6.93. The third-order valence-corrected chi connectivity index (χ3v) is 3.08. The van der Waals surface area contributed by atoms with Crippen molar-refractivity contribution in [3.8, 4) is 0 Å². The molecule has 0 saturated carbocycles. The molecule has 8 heteroatoms. The molecule has 0 bridgehead atoms. The van der Waals surface area contributed by atoms with Gasteiger partial charge in [0.2, 0.25) is 0 Å². The lowest BCUT2D eigenvalue weighted by Gasteiger charge is -2.19. The summed E-state index contributed by atoms with van der Waals surface area (Å²) in [7, 11) is 3.91. The van der Waals surface area contributed by atoms with Gasteiger partial charge in [-0.25, -0.2) is 14.8 Å². The van der Waals surface area contributed by atoms with Gasteiger partial charge in [0, 0.05) is 33.7 Å². The van der Waals surface area contributed by atoms with E-state index in [9.17, 15) is 4.79 Å². The Labute approximate surface area is 156 Å². The summed E-state index contributed by atoms with van der Waals surface area (Å²) in [5, 5.41) is 9.06. The number of aliphatic imine (C=N–C) groups is 1. The summed E-state index contributed by atoms with van der Waals surface area (Å²) < 4.78 is 5.19. The van der Waals surface area contributed by atoms with Crippen LogP contribution in [0.15, 0.2) is 23.2 Å². The number of amides is 1. The Kier molecular flexibility index (Phi) is 8.67. The van der Waals surface area contributed by atoms with Gasteiger partial charge >= 0.3 is 6.09 Å². The molecule has 0 aliphatic heterocycles. The van der Waals surface area contributed by atoms with Crippen LogP contribution in [0.1, 0.15) is 33.4 Å². The molecule has 1 rings (SSSR count). The molecule has 0 atom stereocenters. The average Bonchev–Trinajstić information content (AvgIpc) is 2.55. The minimum Gasteiger partial charge on any atom is -0.444 e. The molecule has 0 spiro atoms. The van der Waals surface area contributed by atoms with E-state index in [0.29, 0.717) is 25.6 Å². The number of guanidine groups is 1. The highest BCUT2D eigenvalue weighted by atomic mass is 16.6. The molecular weight excluding hydrogens is 332 g/mol. The van der Waals surface area contributed by atoms with Crippen LogP contribution in [0.4, 0.5) is 10.6 Å². The van der Waals surface area contributed by atoms with Crippen LogP contribution in [0, 0.1) is 0 Å². The predicted octanol–water partition coefficient (Wildman–Crippen LogP) is 1.73. The minimum absolute atomic E-state index is 0.425. The van der Waals surface area contributed by atoms with E-state index in [4.69, 9.17) is 4.74 Å². The first-order chi connectivity index (χ1) is 12.2. The number of carbonyl (C=O) groups is 1. The summed E-state index contributed by atoms with van der Waals surface area (Å²) in [6.45, 7) is 9.69. The van der Waals surface area contributed by atoms with E-state index in [1.54, 1.807) is 0 Å². The molecule has 0 saturated heterocycles. The number of rotatable bonds is 7.